The molecule has 4 N–H and O–H groups in total. The van der Waals surface area contributed by atoms with E-state index in [2.05, 4.69) is 0 Å². The second-order valence-corrected chi connectivity index (χ2v) is 3.81. The van der Waals surface area contributed by atoms with Crippen LogP contribution in [-0.2, 0) is 0 Å². The highest BCUT2D eigenvalue weighted by Crippen LogP contribution is 1.93. The van der Waals surface area contributed by atoms with Gasteiger partial charge < -0.3 is 20.8 Å². The van der Waals surface area contributed by atoms with E-state index < -0.39 is 0 Å². The summed E-state index contributed by atoms with van der Waals surface area (Å²) in [6.07, 6.45) is 0. The third-order valence-corrected chi connectivity index (χ3v) is 2.46. The molecule has 1 heterocycles. The zero-order valence-electron chi connectivity index (χ0n) is 9.23. The Morgan fingerprint density at radius 1 is 0.375 bits per heavy atom. The Balaban J connectivity index is 2.39. The summed E-state index contributed by atoms with van der Waals surface area (Å²) in [5, 5.41) is 41.7. The normalized spacial score (nSPS) is 26.2. The number of nitrogens with zero attached hydrogens (tertiary/aromatic N) is 4. The molecule has 0 aromatic heterocycles. The molecule has 1 saturated heterocycles. The van der Waals surface area contributed by atoms with Crippen molar-refractivity contribution in [2.75, 3.05) is 52.4 Å². The minimum Gasteiger partial charge on any atom is -0.314 e. The number of hydrogen-bond acceptors (Lipinski definition) is 8. The van der Waals surface area contributed by atoms with Gasteiger partial charge in [-0.05, 0) is 0 Å². The zero-order valence-corrected chi connectivity index (χ0v) is 9.23. The van der Waals surface area contributed by atoms with Crippen molar-refractivity contribution in [1.29, 1.82) is 0 Å². The average Bonchev–Trinajstić information content (AvgIpc) is 2.27. The van der Waals surface area contributed by atoms with Crippen molar-refractivity contribution in [1.82, 2.24) is 20.3 Å². The van der Waals surface area contributed by atoms with Gasteiger partial charge in [0.15, 0.2) is 0 Å². The van der Waals surface area contributed by atoms with Crippen LogP contribution in [0.25, 0.3) is 0 Å². The summed E-state index contributed by atoms with van der Waals surface area (Å²) in [6.45, 7) is 2.30. The van der Waals surface area contributed by atoms with Gasteiger partial charge in [0.1, 0.15) is 0 Å². The standard InChI is InChI=1S/C8H20N4O4/c13-9-1-2-10(14)5-6-12(16)8-7-11(15)4-3-9/h13-16H,1-8H2. The minimum atomic E-state index is 0.287. The van der Waals surface area contributed by atoms with Crippen LogP contribution in [0, 0.1) is 0 Å². The first-order chi connectivity index (χ1) is 7.58. The lowest BCUT2D eigenvalue weighted by Gasteiger charge is -2.25. The van der Waals surface area contributed by atoms with E-state index in [9.17, 15) is 20.8 Å². The minimum absolute atomic E-state index is 0.287. The lowest BCUT2D eigenvalue weighted by atomic mass is 10.4. The van der Waals surface area contributed by atoms with E-state index in [0.29, 0.717) is 0 Å². The molecule has 0 unspecified atom stereocenters. The Kier molecular flexibility index (Phi) is 6.09. The monoisotopic (exact) mass is 236 g/mol. The Hall–Kier alpha value is -0.320. The van der Waals surface area contributed by atoms with Gasteiger partial charge in [-0.25, -0.2) is 0 Å². The molecule has 96 valence electrons. The Labute approximate surface area is 94.3 Å². The highest BCUT2D eigenvalue weighted by Gasteiger charge is 2.11. The highest BCUT2D eigenvalue weighted by molar-refractivity contribution is 4.58. The molecule has 8 nitrogen and oxygen atoms in total. The number of hydroxylamine groups is 8. The SMILES string of the molecule is ON1CCN(O)CCN(O)CCN(O)CC1. The third-order valence-electron chi connectivity index (χ3n) is 2.46. The molecule has 8 heteroatoms. The number of hydrogen-bond donors (Lipinski definition) is 4. The fourth-order valence-corrected chi connectivity index (χ4v) is 1.37. The summed E-state index contributed by atoms with van der Waals surface area (Å²) < 4.78 is 0. The molecule has 0 aliphatic carbocycles. The van der Waals surface area contributed by atoms with Gasteiger partial charge in [-0.15, -0.1) is 0 Å². The molecule has 0 amide bonds. The fraction of sp³-hybridized carbons (Fsp3) is 1.00. The molecule has 0 atom stereocenters. The molecule has 0 saturated carbocycles. The molecule has 1 aliphatic rings. The molecular formula is C8H20N4O4. The maximum atomic E-state index is 9.38. The molecule has 1 aliphatic heterocycles. The molecule has 1 fully saturated rings. The van der Waals surface area contributed by atoms with Gasteiger partial charge in [0, 0.05) is 52.4 Å². The van der Waals surface area contributed by atoms with Crippen molar-refractivity contribution in [3.63, 3.8) is 0 Å². The first-order valence-corrected chi connectivity index (χ1v) is 5.33. The average molecular weight is 236 g/mol. The predicted molar refractivity (Wildman–Crippen MR) is 53.4 cm³/mol. The Morgan fingerprint density at radius 2 is 0.500 bits per heavy atom. The lowest BCUT2D eigenvalue weighted by molar-refractivity contribution is -0.184. The summed E-state index contributed by atoms with van der Waals surface area (Å²) in [6, 6.07) is 0. The quantitative estimate of drug-likeness (QED) is 0.415. The molecule has 0 aromatic rings. The Bertz CT molecular complexity index is 141. The van der Waals surface area contributed by atoms with Gasteiger partial charge in [0.05, 0.1) is 0 Å². The summed E-state index contributed by atoms with van der Waals surface area (Å²) in [5.74, 6) is 0. The van der Waals surface area contributed by atoms with Crippen molar-refractivity contribution >= 4 is 0 Å². The molecule has 16 heavy (non-hydrogen) atoms. The second kappa shape index (κ2) is 7.09. The summed E-state index contributed by atoms with van der Waals surface area (Å²) >= 11 is 0. The van der Waals surface area contributed by atoms with E-state index in [0.717, 1.165) is 20.3 Å². The van der Waals surface area contributed by atoms with Crippen LogP contribution in [-0.4, -0.2) is 93.4 Å². The van der Waals surface area contributed by atoms with Crippen LogP contribution in [0.4, 0.5) is 0 Å². The van der Waals surface area contributed by atoms with Crippen LogP contribution in [0.15, 0.2) is 0 Å². The molecule has 1 rings (SSSR count). The van der Waals surface area contributed by atoms with Crippen molar-refractivity contribution < 1.29 is 20.8 Å². The first-order valence-electron chi connectivity index (χ1n) is 5.33. The van der Waals surface area contributed by atoms with Gasteiger partial charge >= 0.3 is 0 Å². The van der Waals surface area contributed by atoms with Gasteiger partial charge in [0.2, 0.25) is 0 Å². The fourth-order valence-electron chi connectivity index (χ4n) is 1.37. The molecule has 0 bridgehead atoms. The zero-order chi connectivity index (χ0) is 12.0. The van der Waals surface area contributed by atoms with Gasteiger partial charge in [-0.1, -0.05) is 0 Å². The van der Waals surface area contributed by atoms with Crippen LogP contribution in [0.1, 0.15) is 0 Å². The van der Waals surface area contributed by atoms with Crippen molar-refractivity contribution in [2.24, 2.45) is 0 Å². The molecule has 0 aromatic carbocycles. The van der Waals surface area contributed by atoms with Crippen molar-refractivity contribution in [3.8, 4) is 0 Å². The van der Waals surface area contributed by atoms with Crippen molar-refractivity contribution in [3.05, 3.63) is 0 Å². The van der Waals surface area contributed by atoms with Crippen LogP contribution in [0.3, 0.4) is 0 Å². The van der Waals surface area contributed by atoms with E-state index >= 15 is 0 Å². The topological polar surface area (TPSA) is 93.9 Å². The van der Waals surface area contributed by atoms with Gasteiger partial charge in [0.25, 0.3) is 0 Å². The maximum Gasteiger partial charge on any atom is 0.0389 e. The van der Waals surface area contributed by atoms with E-state index in [-0.39, 0.29) is 52.4 Å². The van der Waals surface area contributed by atoms with Crippen molar-refractivity contribution in [2.45, 2.75) is 0 Å². The second-order valence-electron chi connectivity index (χ2n) is 3.81. The van der Waals surface area contributed by atoms with Crippen LogP contribution < -0.4 is 0 Å². The largest absolute Gasteiger partial charge is 0.314 e. The van der Waals surface area contributed by atoms with Gasteiger partial charge in [-0.3, -0.25) is 0 Å². The summed E-state index contributed by atoms with van der Waals surface area (Å²) in [7, 11) is 0. The van der Waals surface area contributed by atoms with Crippen LogP contribution in [0.2, 0.25) is 0 Å². The highest BCUT2D eigenvalue weighted by atomic mass is 16.5. The first kappa shape index (κ1) is 13.7. The smallest absolute Gasteiger partial charge is 0.0389 e. The summed E-state index contributed by atoms with van der Waals surface area (Å²) in [5.41, 5.74) is 0. The molecular weight excluding hydrogens is 216 g/mol. The van der Waals surface area contributed by atoms with E-state index in [1.807, 2.05) is 0 Å². The molecule has 0 spiro atoms. The summed E-state index contributed by atoms with van der Waals surface area (Å²) in [4.78, 5) is 0. The van der Waals surface area contributed by atoms with E-state index in [4.69, 9.17) is 0 Å². The Morgan fingerprint density at radius 3 is 0.625 bits per heavy atom. The van der Waals surface area contributed by atoms with Gasteiger partial charge in [-0.2, -0.15) is 20.3 Å². The van der Waals surface area contributed by atoms with Crippen LogP contribution >= 0.6 is 0 Å². The van der Waals surface area contributed by atoms with E-state index in [1.54, 1.807) is 0 Å². The molecule has 0 radical (unpaired) electrons. The number of rotatable bonds is 0. The van der Waals surface area contributed by atoms with E-state index in [1.165, 1.54) is 0 Å². The third kappa shape index (κ3) is 5.68. The lowest BCUT2D eigenvalue weighted by Crippen LogP contribution is -2.42. The predicted octanol–water partition coefficient (Wildman–Crippen LogP) is -1.24. The maximum absolute atomic E-state index is 9.38. The van der Waals surface area contributed by atoms with Crippen LogP contribution in [0.5, 0.6) is 0 Å².